The number of amides is 1. The van der Waals surface area contributed by atoms with Crippen LogP contribution in [0.4, 0.5) is 23.4 Å². The molecule has 4 nitrogen and oxygen atoms in total. The largest absolute Gasteiger partial charge is 0.416 e. The van der Waals surface area contributed by atoms with Gasteiger partial charge >= 0.3 is 6.18 Å². The third-order valence-electron chi connectivity index (χ3n) is 2.62. The number of nitriles is 1. The van der Waals surface area contributed by atoms with Gasteiger partial charge in [-0.25, -0.2) is 9.37 Å². The van der Waals surface area contributed by atoms with Gasteiger partial charge in [-0.1, -0.05) is 0 Å². The van der Waals surface area contributed by atoms with Gasteiger partial charge in [0.15, 0.2) is 0 Å². The first-order valence-corrected chi connectivity index (χ1v) is 5.85. The quantitative estimate of drug-likeness (QED) is 0.865. The molecule has 1 heterocycles. The Morgan fingerprint density at radius 1 is 1.23 bits per heavy atom. The van der Waals surface area contributed by atoms with Crippen LogP contribution in [0, 0.1) is 17.1 Å². The van der Waals surface area contributed by atoms with E-state index in [0.717, 1.165) is 0 Å². The molecule has 1 aromatic heterocycles. The highest BCUT2D eigenvalue weighted by molar-refractivity contribution is 6.03. The summed E-state index contributed by atoms with van der Waals surface area (Å²) in [4.78, 5) is 15.6. The Morgan fingerprint density at radius 3 is 2.50 bits per heavy atom. The van der Waals surface area contributed by atoms with Crippen molar-refractivity contribution in [1.29, 1.82) is 5.26 Å². The number of alkyl halides is 3. The Balaban J connectivity index is 2.25. The van der Waals surface area contributed by atoms with E-state index < -0.39 is 29.0 Å². The predicted molar refractivity (Wildman–Crippen MR) is 68.3 cm³/mol. The van der Waals surface area contributed by atoms with E-state index in [0.29, 0.717) is 18.2 Å². The summed E-state index contributed by atoms with van der Waals surface area (Å²) in [5.74, 6) is -2.09. The molecule has 0 saturated carbocycles. The van der Waals surface area contributed by atoms with Crippen molar-refractivity contribution < 1.29 is 22.4 Å². The van der Waals surface area contributed by atoms with Crippen LogP contribution >= 0.6 is 0 Å². The molecule has 8 heteroatoms. The molecule has 1 amide bonds. The fourth-order valence-corrected chi connectivity index (χ4v) is 1.61. The molecule has 1 aromatic carbocycles. The summed E-state index contributed by atoms with van der Waals surface area (Å²) in [6, 6.07) is 6.03. The molecule has 0 radical (unpaired) electrons. The van der Waals surface area contributed by atoms with E-state index in [1.807, 2.05) is 6.07 Å². The maximum atomic E-state index is 13.2. The molecule has 0 atom stereocenters. The average Bonchev–Trinajstić information content (AvgIpc) is 2.46. The third-order valence-corrected chi connectivity index (χ3v) is 2.62. The second-order valence-corrected chi connectivity index (χ2v) is 4.22. The van der Waals surface area contributed by atoms with E-state index in [1.54, 1.807) is 0 Å². The van der Waals surface area contributed by atoms with Crippen molar-refractivity contribution in [1.82, 2.24) is 4.98 Å². The van der Waals surface area contributed by atoms with Gasteiger partial charge in [-0.05, 0) is 30.3 Å². The average molecular weight is 309 g/mol. The number of pyridine rings is 1. The number of nitrogens with one attached hydrogen (secondary N) is 1. The van der Waals surface area contributed by atoms with Crippen molar-refractivity contribution >= 4 is 11.7 Å². The van der Waals surface area contributed by atoms with Crippen LogP contribution in [0.15, 0.2) is 36.5 Å². The summed E-state index contributed by atoms with van der Waals surface area (Å²) < 4.78 is 51.0. The summed E-state index contributed by atoms with van der Waals surface area (Å²) in [5.41, 5.74) is -1.49. The van der Waals surface area contributed by atoms with Crippen molar-refractivity contribution in [3.05, 3.63) is 59.0 Å². The Labute approximate surface area is 122 Å². The number of carbonyl (C=O) groups excluding carboxylic acids is 1. The molecule has 2 aromatic rings. The minimum absolute atomic E-state index is 0.0295. The highest BCUT2D eigenvalue weighted by Gasteiger charge is 2.32. The van der Waals surface area contributed by atoms with Gasteiger partial charge in [0, 0.05) is 11.8 Å². The number of halogens is 4. The minimum atomic E-state index is -4.76. The van der Waals surface area contributed by atoms with Gasteiger partial charge in [0.25, 0.3) is 5.91 Å². The van der Waals surface area contributed by atoms with E-state index in [9.17, 15) is 22.4 Å². The van der Waals surface area contributed by atoms with Crippen LogP contribution in [0.3, 0.4) is 0 Å². The molecule has 0 bridgehead atoms. The van der Waals surface area contributed by atoms with Crippen LogP contribution < -0.4 is 5.32 Å². The number of aromatic nitrogens is 1. The molecule has 0 saturated heterocycles. The van der Waals surface area contributed by atoms with Gasteiger partial charge in [-0.3, -0.25) is 4.79 Å². The summed E-state index contributed by atoms with van der Waals surface area (Å²) in [6.45, 7) is 0. The monoisotopic (exact) mass is 309 g/mol. The second-order valence-electron chi connectivity index (χ2n) is 4.22. The minimum Gasteiger partial charge on any atom is -0.307 e. The summed E-state index contributed by atoms with van der Waals surface area (Å²) in [5, 5.41) is 10.8. The van der Waals surface area contributed by atoms with E-state index in [2.05, 4.69) is 10.3 Å². The Hall–Kier alpha value is -2.95. The van der Waals surface area contributed by atoms with Gasteiger partial charge in [0.05, 0.1) is 11.1 Å². The maximum absolute atomic E-state index is 13.2. The fraction of sp³-hybridized carbons (Fsp3) is 0.0714. The van der Waals surface area contributed by atoms with Crippen molar-refractivity contribution in [3.8, 4) is 6.07 Å². The maximum Gasteiger partial charge on any atom is 0.416 e. The first-order valence-electron chi connectivity index (χ1n) is 5.85. The zero-order valence-corrected chi connectivity index (χ0v) is 10.8. The molecule has 22 heavy (non-hydrogen) atoms. The molecule has 0 aliphatic heterocycles. The van der Waals surface area contributed by atoms with Crippen LogP contribution in [0.1, 0.15) is 21.5 Å². The number of nitrogens with zero attached hydrogens (tertiary/aromatic N) is 2. The lowest BCUT2D eigenvalue weighted by Crippen LogP contribution is -2.15. The lowest BCUT2D eigenvalue weighted by atomic mass is 10.1. The lowest BCUT2D eigenvalue weighted by molar-refractivity contribution is -0.137. The smallest absolute Gasteiger partial charge is 0.307 e. The van der Waals surface area contributed by atoms with Gasteiger partial charge in [0.2, 0.25) is 0 Å². The van der Waals surface area contributed by atoms with Gasteiger partial charge < -0.3 is 5.32 Å². The molecule has 0 aliphatic carbocycles. The van der Waals surface area contributed by atoms with Crippen LogP contribution in [-0.2, 0) is 6.18 Å². The standard InChI is InChI=1S/C14H7F4N3O/c15-11-4-9(3-10(5-11)14(16,17)18)13(22)21-12-2-1-8(6-19)7-20-12/h1-5,7H,(H,20,21,22). The van der Waals surface area contributed by atoms with E-state index >= 15 is 0 Å². The van der Waals surface area contributed by atoms with Gasteiger partial charge in [-0.15, -0.1) is 0 Å². The van der Waals surface area contributed by atoms with Crippen LogP contribution in [0.25, 0.3) is 0 Å². The molecule has 0 spiro atoms. The first-order chi connectivity index (χ1) is 10.3. The molecular weight excluding hydrogens is 302 g/mol. The first kappa shape index (κ1) is 15.4. The summed E-state index contributed by atoms with van der Waals surface area (Å²) >= 11 is 0. The van der Waals surface area contributed by atoms with E-state index in [-0.39, 0.29) is 11.4 Å². The molecule has 0 aliphatic rings. The SMILES string of the molecule is N#Cc1ccc(NC(=O)c2cc(F)cc(C(F)(F)F)c2)nc1. The highest BCUT2D eigenvalue weighted by Crippen LogP contribution is 2.30. The Kier molecular flexibility index (Phi) is 4.08. The molecule has 0 fully saturated rings. The normalized spacial score (nSPS) is 10.9. The third kappa shape index (κ3) is 3.58. The number of carbonyl (C=O) groups is 1. The van der Waals surface area contributed by atoms with Gasteiger partial charge in [-0.2, -0.15) is 18.4 Å². The summed E-state index contributed by atoms with van der Waals surface area (Å²) in [7, 11) is 0. The Bertz CT molecular complexity index is 748. The molecule has 2 rings (SSSR count). The Morgan fingerprint density at radius 2 is 1.95 bits per heavy atom. The fourth-order valence-electron chi connectivity index (χ4n) is 1.61. The van der Waals surface area contributed by atoms with Crippen LogP contribution in [0.2, 0.25) is 0 Å². The number of hydrogen-bond donors (Lipinski definition) is 1. The predicted octanol–water partition coefficient (Wildman–Crippen LogP) is 3.36. The van der Waals surface area contributed by atoms with Crippen molar-refractivity contribution in [2.45, 2.75) is 6.18 Å². The topological polar surface area (TPSA) is 65.8 Å². The van der Waals surface area contributed by atoms with Crippen molar-refractivity contribution in [2.24, 2.45) is 0 Å². The van der Waals surface area contributed by atoms with E-state index in [4.69, 9.17) is 5.26 Å². The lowest BCUT2D eigenvalue weighted by Gasteiger charge is -2.09. The molecule has 112 valence electrons. The van der Waals surface area contributed by atoms with Crippen LogP contribution in [0.5, 0.6) is 0 Å². The molecular formula is C14H7F4N3O. The number of rotatable bonds is 2. The number of anilines is 1. The van der Waals surface area contributed by atoms with Crippen molar-refractivity contribution in [2.75, 3.05) is 5.32 Å². The van der Waals surface area contributed by atoms with Gasteiger partial charge in [0.1, 0.15) is 17.7 Å². The number of hydrogen-bond acceptors (Lipinski definition) is 3. The zero-order chi connectivity index (χ0) is 16.3. The van der Waals surface area contributed by atoms with Crippen LogP contribution in [-0.4, -0.2) is 10.9 Å². The molecule has 1 N–H and O–H groups in total. The molecule has 0 unspecified atom stereocenters. The van der Waals surface area contributed by atoms with Crippen molar-refractivity contribution in [3.63, 3.8) is 0 Å². The zero-order valence-electron chi connectivity index (χ0n) is 10.8. The number of benzene rings is 1. The summed E-state index contributed by atoms with van der Waals surface area (Å²) in [6.07, 6.45) is -3.58. The highest BCUT2D eigenvalue weighted by atomic mass is 19.4. The second kappa shape index (κ2) is 5.81. The van der Waals surface area contributed by atoms with E-state index in [1.165, 1.54) is 18.3 Å².